The first-order chi connectivity index (χ1) is 7.80. The number of nitrogens with zero attached hydrogens (tertiary/aromatic N) is 1. The highest BCUT2D eigenvalue weighted by Gasteiger charge is 2.45. The summed E-state index contributed by atoms with van der Waals surface area (Å²) in [5.74, 6) is 0. The second-order valence-electron chi connectivity index (χ2n) is 6.54. The van der Waals surface area contributed by atoms with Gasteiger partial charge in [-0.25, -0.2) is 0 Å². The summed E-state index contributed by atoms with van der Waals surface area (Å²) in [6.45, 7) is 12.8. The maximum atomic E-state index is 5.91. The zero-order valence-corrected chi connectivity index (χ0v) is 12.0. The van der Waals surface area contributed by atoms with Crippen LogP contribution in [-0.4, -0.2) is 18.0 Å². The quantitative estimate of drug-likeness (QED) is 0.761. The van der Waals surface area contributed by atoms with Crippen LogP contribution in [-0.2, 0) is 6.54 Å². The van der Waals surface area contributed by atoms with Crippen molar-refractivity contribution in [1.82, 2.24) is 4.90 Å². The third-order valence-corrected chi connectivity index (χ3v) is 4.64. The number of likely N-dealkylation sites (tertiary alicyclic amines) is 1. The molecule has 0 amide bonds. The minimum absolute atomic E-state index is 0.388. The largest absolute Gasteiger partial charge is 0.298 e. The van der Waals surface area contributed by atoms with Gasteiger partial charge in [-0.15, -0.1) is 0 Å². The fraction of sp³-hybridized carbons (Fsp3) is 0.600. The molecule has 1 aromatic carbocycles. The summed E-state index contributed by atoms with van der Waals surface area (Å²) in [5, 5.41) is 0.816. The standard InChI is InChI=1S/C15H22ClN/c1-14(2)10-17(11-15(14,3)4)9-12-5-7-13(16)8-6-12/h5-8H,9-11H2,1-4H3. The Balaban J connectivity index is 2.05. The predicted octanol–water partition coefficient (Wildman–Crippen LogP) is 4.21. The topological polar surface area (TPSA) is 3.24 Å². The number of hydrogen-bond acceptors (Lipinski definition) is 1. The molecule has 0 N–H and O–H groups in total. The molecule has 1 aliphatic rings. The molecule has 94 valence electrons. The summed E-state index contributed by atoms with van der Waals surface area (Å²) >= 11 is 5.91. The monoisotopic (exact) mass is 251 g/mol. The van der Waals surface area contributed by atoms with Gasteiger partial charge in [0.1, 0.15) is 0 Å². The van der Waals surface area contributed by atoms with Crippen molar-refractivity contribution in [3.8, 4) is 0 Å². The Morgan fingerprint density at radius 3 is 1.94 bits per heavy atom. The van der Waals surface area contributed by atoms with E-state index in [9.17, 15) is 0 Å². The minimum Gasteiger partial charge on any atom is -0.298 e. The van der Waals surface area contributed by atoms with Gasteiger partial charge in [-0.05, 0) is 28.5 Å². The zero-order valence-electron chi connectivity index (χ0n) is 11.3. The molecule has 0 aliphatic carbocycles. The SMILES string of the molecule is CC1(C)CN(Cc2ccc(Cl)cc2)CC1(C)C. The average Bonchev–Trinajstić information content (AvgIpc) is 2.39. The number of rotatable bonds is 2. The Morgan fingerprint density at radius 2 is 1.47 bits per heavy atom. The van der Waals surface area contributed by atoms with Crippen molar-refractivity contribution in [2.45, 2.75) is 34.2 Å². The van der Waals surface area contributed by atoms with E-state index in [0.29, 0.717) is 10.8 Å². The first kappa shape index (κ1) is 12.9. The van der Waals surface area contributed by atoms with Crippen molar-refractivity contribution in [2.24, 2.45) is 10.8 Å². The van der Waals surface area contributed by atoms with Crippen molar-refractivity contribution in [3.05, 3.63) is 34.9 Å². The van der Waals surface area contributed by atoms with E-state index in [1.807, 2.05) is 12.1 Å². The third-order valence-electron chi connectivity index (χ3n) is 4.39. The van der Waals surface area contributed by atoms with E-state index >= 15 is 0 Å². The Morgan fingerprint density at radius 1 is 1.00 bits per heavy atom. The van der Waals surface area contributed by atoms with E-state index in [-0.39, 0.29) is 0 Å². The van der Waals surface area contributed by atoms with Gasteiger partial charge in [0.25, 0.3) is 0 Å². The van der Waals surface area contributed by atoms with E-state index in [0.717, 1.165) is 11.6 Å². The zero-order chi connectivity index (χ0) is 12.7. The molecule has 17 heavy (non-hydrogen) atoms. The lowest BCUT2D eigenvalue weighted by molar-refractivity contribution is 0.184. The molecule has 1 heterocycles. The van der Waals surface area contributed by atoms with Crippen LogP contribution < -0.4 is 0 Å². The molecule has 0 atom stereocenters. The summed E-state index contributed by atoms with van der Waals surface area (Å²) < 4.78 is 0. The van der Waals surface area contributed by atoms with Crippen molar-refractivity contribution in [1.29, 1.82) is 0 Å². The normalized spacial score (nSPS) is 22.9. The van der Waals surface area contributed by atoms with Crippen LogP contribution in [0.4, 0.5) is 0 Å². The lowest BCUT2D eigenvalue weighted by Gasteiger charge is -2.33. The molecule has 1 nitrogen and oxygen atoms in total. The van der Waals surface area contributed by atoms with Crippen molar-refractivity contribution in [3.63, 3.8) is 0 Å². The van der Waals surface area contributed by atoms with Crippen LogP contribution in [0.2, 0.25) is 5.02 Å². The van der Waals surface area contributed by atoms with Crippen LogP contribution in [0.1, 0.15) is 33.3 Å². The number of halogens is 1. The van der Waals surface area contributed by atoms with Crippen LogP contribution in [0, 0.1) is 10.8 Å². The van der Waals surface area contributed by atoms with Crippen molar-refractivity contribution < 1.29 is 0 Å². The summed E-state index contributed by atoms with van der Waals surface area (Å²) in [6.07, 6.45) is 0. The maximum Gasteiger partial charge on any atom is 0.0406 e. The minimum atomic E-state index is 0.388. The van der Waals surface area contributed by atoms with Gasteiger partial charge < -0.3 is 0 Å². The van der Waals surface area contributed by atoms with Gasteiger partial charge in [-0.3, -0.25) is 4.90 Å². The summed E-state index contributed by atoms with van der Waals surface area (Å²) in [6, 6.07) is 8.20. The van der Waals surface area contributed by atoms with E-state index in [1.165, 1.54) is 18.7 Å². The molecule has 1 aliphatic heterocycles. The second kappa shape index (κ2) is 4.29. The van der Waals surface area contributed by atoms with Crippen LogP contribution in [0.5, 0.6) is 0 Å². The molecule has 1 aromatic rings. The molecule has 0 aromatic heterocycles. The average molecular weight is 252 g/mol. The molecular weight excluding hydrogens is 230 g/mol. The predicted molar refractivity (Wildman–Crippen MR) is 74.3 cm³/mol. The summed E-state index contributed by atoms with van der Waals surface area (Å²) in [7, 11) is 0. The van der Waals surface area contributed by atoms with E-state index in [4.69, 9.17) is 11.6 Å². The fourth-order valence-electron chi connectivity index (χ4n) is 2.56. The Hall–Kier alpha value is -0.530. The van der Waals surface area contributed by atoms with Gasteiger partial charge in [-0.2, -0.15) is 0 Å². The Labute approximate surface area is 110 Å². The molecule has 0 saturated carbocycles. The van der Waals surface area contributed by atoms with Gasteiger partial charge >= 0.3 is 0 Å². The molecule has 0 bridgehead atoms. The van der Waals surface area contributed by atoms with Crippen molar-refractivity contribution >= 4 is 11.6 Å². The molecule has 0 radical (unpaired) electrons. The van der Waals surface area contributed by atoms with Gasteiger partial charge in [0.2, 0.25) is 0 Å². The van der Waals surface area contributed by atoms with Crippen LogP contribution in [0.15, 0.2) is 24.3 Å². The smallest absolute Gasteiger partial charge is 0.0406 e. The fourth-order valence-corrected chi connectivity index (χ4v) is 2.69. The molecular formula is C15H22ClN. The third kappa shape index (κ3) is 2.66. The second-order valence-corrected chi connectivity index (χ2v) is 6.98. The van der Waals surface area contributed by atoms with Gasteiger partial charge in [0.15, 0.2) is 0 Å². The van der Waals surface area contributed by atoms with Gasteiger partial charge in [-0.1, -0.05) is 51.4 Å². The Kier molecular flexibility index (Phi) is 3.26. The molecule has 2 heteroatoms. The first-order valence-electron chi connectivity index (χ1n) is 6.27. The number of benzene rings is 1. The highest BCUT2D eigenvalue weighted by molar-refractivity contribution is 6.30. The van der Waals surface area contributed by atoms with Crippen LogP contribution in [0.3, 0.4) is 0 Å². The molecule has 0 spiro atoms. The molecule has 0 unspecified atom stereocenters. The highest BCUT2D eigenvalue weighted by atomic mass is 35.5. The van der Waals surface area contributed by atoms with Crippen molar-refractivity contribution in [2.75, 3.05) is 13.1 Å². The van der Waals surface area contributed by atoms with E-state index in [1.54, 1.807) is 0 Å². The van der Waals surface area contributed by atoms with Crippen LogP contribution in [0.25, 0.3) is 0 Å². The summed E-state index contributed by atoms with van der Waals surface area (Å²) in [4.78, 5) is 2.54. The van der Waals surface area contributed by atoms with Gasteiger partial charge in [0, 0.05) is 24.7 Å². The first-order valence-corrected chi connectivity index (χ1v) is 6.65. The molecule has 1 fully saturated rings. The Bertz CT molecular complexity index is 376. The van der Waals surface area contributed by atoms with Gasteiger partial charge in [0.05, 0.1) is 0 Å². The number of hydrogen-bond donors (Lipinski definition) is 0. The lowest BCUT2D eigenvalue weighted by Crippen LogP contribution is -2.30. The van der Waals surface area contributed by atoms with E-state index in [2.05, 4.69) is 44.7 Å². The summed E-state index contributed by atoms with van der Waals surface area (Å²) in [5.41, 5.74) is 2.13. The maximum absolute atomic E-state index is 5.91. The van der Waals surface area contributed by atoms with Crippen LogP contribution >= 0.6 is 11.6 Å². The van der Waals surface area contributed by atoms with E-state index < -0.39 is 0 Å². The highest BCUT2D eigenvalue weighted by Crippen LogP contribution is 2.45. The lowest BCUT2D eigenvalue weighted by atomic mass is 9.71. The molecule has 2 rings (SSSR count). The molecule has 1 saturated heterocycles.